The molecule has 2 aromatic carbocycles. The highest BCUT2D eigenvalue weighted by Crippen LogP contribution is 2.33. The van der Waals surface area contributed by atoms with E-state index in [0.717, 1.165) is 25.2 Å². The lowest BCUT2D eigenvalue weighted by atomic mass is 10.1. The smallest absolute Gasteiger partial charge is 0.265 e. The van der Waals surface area contributed by atoms with Crippen molar-refractivity contribution in [1.82, 2.24) is 10.2 Å². The van der Waals surface area contributed by atoms with E-state index in [2.05, 4.69) is 48.3 Å². The van der Waals surface area contributed by atoms with Crippen LogP contribution in [0, 0.1) is 0 Å². The van der Waals surface area contributed by atoms with Gasteiger partial charge in [0.25, 0.3) is 5.91 Å². The molecule has 3 rings (SSSR count). The summed E-state index contributed by atoms with van der Waals surface area (Å²) in [5.41, 5.74) is 2.35. The van der Waals surface area contributed by atoms with Gasteiger partial charge in [0.1, 0.15) is 6.10 Å². The molecule has 2 aromatic rings. The molecule has 2 atom stereocenters. The summed E-state index contributed by atoms with van der Waals surface area (Å²) >= 11 is 0. The molecule has 0 bridgehead atoms. The number of nitrogens with zero attached hydrogens (tertiary/aromatic N) is 1. The molecular weight excluding hydrogens is 340 g/mol. The molecule has 0 saturated carbocycles. The van der Waals surface area contributed by atoms with Crippen LogP contribution in [0.25, 0.3) is 0 Å². The van der Waals surface area contributed by atoms with Crippen LogP contribution in [0.3, 0.4) is 0 Å². The Morgan fingerprint density at radius 3 is 2.19 bits per heavy atom. The van der Waals surface area contributed by atoms with E-state index >= 15 is 0 Å². The number of hydrogen-bond donors (Lipinski definition) is 1. The van der Waals surface area contributed by atoms with Crippen LogP contribution >= 0.6 is 0 Å². The lowest BCUT2D eigenvalue weighted by Gasteiger charge is -2.31. The summed E-state index contributed by atoms with van der Waals surface area (Å²) in [6.07, 6.45) is -0.988. The maximum atomic E-state index is 12.6. The Kier molecular flexibility index (Phi) is 6.35. The van der Waals surface area contributed by atoms with Crippen molar-refractivity contribution in [2.75, 3.05) is 13.1 Å². The van der Waals surface area contributed by atoms with Crippen LogP contribution in [0.5, 0.6) is 11.5 Å². The number of benzene rings is 2. The van der Waals surface area contributed by atoms with E-state index in [1.165, 1.54) is 5.56 Å². The zero-order chi connectivity index (χ0) is 19.2. The van der Waals surface area contributed by atoms with E-state index in [1.54, 1.807) is 0 Å². The van der Waals surface area contributed by atoms with Crippen molar-refractivity contribution >= 4 is 5.91 Å². The minimum atomic E-state index is -0.651. The number of ether oxygens (including phenoxy) is 2. The van der Waals surface area contributed by atoms with Gasteiger partial charge >= 0.3 is 0 Å². The second kappa shape index (κ2) is 8.91. The maximum Gasteiger partial charge on any atom is 0.265 e. The summed E-state index contributed by atoms with van der Waals surface area (Å²) in [6, 6.07) is 15.8. The number of hydrogen-bond acceptors (Lipinski definition) is 4. The Hall–Kier alpha value is -2.53. The highest BCUT2D eigenvalue weighted by atomic mass is 16.6. The standard InChI is InChI=1S/C22H28N2O3/c1-4-24(5-2)15-18-12-10-17(11-13-18)14-23-22(25)21-16(3)26-19-8-6-7-9-20(19)27-21/h6-13,16,21H,4-5,14-15H2,1-3H3,(H,23,25). The van der Waals surface area contributed by atoms with E-state index in [-0.39, 0.29) is 12.0 Å². The van der Waals surface area contributed by atoms with Gasteiger partial charge in [0.05, 0.1) is 0 Å². The third-order valence-corrected chi connectivity index (χ3v) is 4.89. The van der Waals surface area contributed by atoms with E-state index in [4.69, 9.17) is 9.47 Å². The molecule has 2 unspecified atom stereocenters. The minimum absolute atomic E-state index is 0.163. The molecule has 0 fully saturated rings. The Balaban J connectivity index is 1.55. The van der Waals surface area contributed by atoms with Crippen LogP contribution in [0.1, 0.15) is 31.9 Å². The van der Waals surface area contributed by atoms with Crippen LogP contribution < -0.4 is 14.8 Å². The Bertz CT molecular complexity index is 756. The second-order valence-corrected chi connectivity index (χ2v) is 6.80. The fourth-order valence-electron chi connectivity index (χ4n) is 3.16. The summed E-state index contributed by atoms with van der Waals surface area (Å²) < 4.78 is 11.6. The average molecular weight is 368 g/mol. The molecule has 1 amide bonds. The van der Waals surface area contributed by atoms with Crippen LogP contribution in [0.2, 0.25) is 0 Å². The van der Waals surface area contributed by atoms with Crippen LogP contribution in [0.4, 0.5) is 0 Å². The zero-order valence-electron chi connectivity index (χ0n) is 16.3. The van der Waals surface area contributed by atoms with Gasteiger partial charge < -0.3 is 14.8 Å². The number of para-hydroxylation sites is 2. The average Bonchev–Trinajstić information content (AvgIpc) is 2.70. The van der Waals surface area contributed by atoms with Crippen molar-refractivity contribution in [1.29, 1.82) is 0 Å². The molecule has 5 nitrogen and oxygen atoms in total. The second-order valence-electron chi connectivity index (χ2n) is 6.80. The molecule has 1 aliphatic heterocycles. The highest BCUT2D eigenvalue weighted by molar-refractivity contribution is 5.82. The number of carbonyl (C=O) groups is 1. The lowest BCUT2D eigenvalue weighted by Crippen LogP contribution is -2.48. The van der Waals surface area contributed by atoms with Gasteiger partial charge in [-0.25, -0.2) is 0 Å². The number of carbonyl (C=O) groups excluding carboxylic acids is 1. The fourth-order valence-corrected chi connectivity index (χ4v) is 3.16. The third-order valence-electron chi connectivity index (χ3n) is 4.89. The largest absolute Gasteiger partial charge is 0.482 e. The highest BCUT2D eigenvalue weighted by Gasteiger charge is 2.33. The van der Waals surface area contributed by atoms with Gasteiger partial charge in [0, 0.05) is 13.1 Å². The molecule has 1 heterocycles. The van der Waals surface area contributed by atoms with E-state index in [9.17, 15) is 4.79 Å². The van der Waals surface area contributed by atoms with Gasteiger partial charge in [-0.3, -0.25) is 9.69 Å². The zero-order valence-corrected chi connectivity index (χ0v) is 16.3. The molecule has 0 radical (unpaired) electrons. The summed E-state index contributed by atoms with van der Waals surface area (Å²) in [5.74, 6) is 1.12. The Labute approximate surface area is 161 Å². The molecule has 27 heavy (non-hydrogen) atoms. The Morgan fingerprint density at radius 1 is 0.963 bits per heavy atom. The van der Waals surface area contributed by atoms with E-state index in [0.29, 0.717) is 18.0 Å². The first-order valence-corrected chi connectivity index (χ1v) is 9.61. The lowest BCUT2D eigenvalue weighted by molar-refractivity contribution is -0.133. The first kappa shape index (κ1) is 19.2. The number of amides is 1. The van der Waals surface area contributed by atoms with Gasteiger partial charge in [-0.2, -0.15) is 0 Å². The van der Waals surface area contributed by atoms with E-state index < -0.39 is 6.10 Å². The summed E-state index contributed by atoms with van der Waals surface area (Å²) in [7, 11) is 0. The van der Waals surface area contributed by atoms with Gasteiger partial charge in [-0.1, -0.05) is 50.2 Å². The topological polar surface area (TPSA) is 50.8 Å². The minimum Gasteiger partial charge on any atom is -0.482 e. The molecular formula is C22H28N2O3. The van der Waals surface area contributed by atoms with Crippen molar-refractivity contribution in [3.63, 3.8) is 0 Å². The van der Waals surface area contributed by atoms with Crippen molar-refractivity contribution < 1.29 is 14.3 Å². The molecule has 5 heteroatoms. The van der Waals surface area contributed by atoms with Crippen LogP contribution in [-0.4, -0.2) is 36.1 Å². The SMILES string of the molecule is CCN(CC)Cc1ccc(CNC(=O)C2Oc3ccccc3OC2C)cc1. The molecule has 1 aliphatic rings. The molecule has 0 aliphatic carbocycles. The van der Waals surface area contributed by atoms with Gasteiger partial charge in [0.15, 0.2) is 11.5 Å². The van der Waals surface area contributed by atoms with Crippen molar-refractivity contribution in [3.05, 3.63) is 59.7 Å². The first-order chi connectivity index (χ1) is 13.1. The predicted molar refractivity (Wildman–Crippen MR) is 106 cm³/mol. The maximum absolute atomic E-state index is 12.6. The fraction of sp³-hybridized carbons (Fsp3) is 0.409. The van der Waals surface area contributed by atoms with E-state index in [1.807, 2.05) is 31.2 Å². The Morgan fingerprint density at radius 2 is 1.56 bits per heavy atom. The third kappa shape index (κ3) is 4.80. The summed E-state index contributed by atoms with van der Waals surface area (Å²) in [5, 5.41) is 2.96. The molecule has 0 aromatic heterocycles. The van der Waals surface area contributed by atoms with Crippen molar-refractivity contribution in [3.8, 4) is 11.5 Å². The number of fused-ring (bicyclic) bond motifs is 1. The predicted octanol–water partition coefficient (Wildman–Crippen LogP) is 3.37. The summed E-state index contributed by atoms with van der Waals surface area (Å²) in [4.78, 5) is 14.9. The molecule has 0 saturated heterocycles. The molecule has 0 spiro atoms. The van der Waals surface area contributed by atoms with Gasteiger partial charge in [-0.05, 0) is 43.3 Å². The van der Waals surface area contributed by atoms with Gasteiger partial charge in [0.2, 0.25) is 6.10 Å². The van der Waals surface area contributed by atoms with Crippen LogP contribution in [-0.2, 0) is 17.9 Å². The quantitative estimate of drug-likeness (QED) is 0.814. The first-order valence-electron chi connectivity index (χ1n) is 9.61. The van der Waals surface area contributed by atoms with Crippen molar-refractivity contribution in [2.45, 2.75) is 46.1 Å². The molecule has 144 valence electrons. The summed E-state index contributed by atoms with van der Waals surface area (Å²) in [6.45, 7) is 9.69. The van der Waals surface area contributed by atoms with Crippen LogP contribution in [0.15, 0.2) is 48.5 Å². The van der Waals surface area contributed by atoms with Gasteiger partial charge in [-0.15, -0.1) is 0 Å². The normalized spacial score (nSPS) is 18.4. The van der Waals surface area contributed by atoms with Crippen molar-refractivity contribution in [2.24, 2.45) is 0 Å². The number of rotatable bonds is 7. The monoisotopic (exact) mass is 368 g/mol. The number of nitrogens with one attached hydrogen (secondary N) is 1. The molecule has 1 N–H and O–H groups in total.